The summed E-state index contributed by atoms with van der Waals surface area (Å²) in [6.07, 6.45) is 6.26. The molecule has 3 aliphatic rings. The molecule has 0 aromatic heterocycles. The molecule has 3 N–H and O–H groups in total. The molecule has 2 atom stereocenters. The summed E-state index contributed by atoms with van der Waals surface area (Å²) in [6.45, 7) is 4.13. The quantitative estimate of drug-likeness (QED) is 0.609. The van der Waals surface area contributed by atoms with Crippen molar-refractivity contribution in [1.29, 1.82) is 0 Å². The number of benzene rings is 1. The molecular formula is C18H21Br2N3O. The number of hydrogen-bond donors (Lipinski definition) is 3. The Bertz CT molecular complexity index is 710. The van der Waals surface area contributed by atoms with Crippen molar-refractivity contribution in [2.24, 2.45) is 0 Å². The van der Waals surface area contributed by atoms with Crippen LogP contribution in [0, 0.1) is 0 Å². The highest BCUT2D eigenvalue weighted by molar-refractivity contribution is 9.12. The summed E-state index contributed by atoms with van der Waals surface area (Å²) in [6, 6.07) is 4.49. The van der Waals surface area contributed by atoms with Crippen LogP contribution in [0.5, 0.6) is 5.75 Å². The molecule has 2 unspecified atom stereocenters. The molecule has 0 saturated carbocycles. The second-order valence-corrected chi connectivity index (χ2v) is 8.30. The van der Waals surface area contributed by atoms with E-state index in [-0.39, 0.29) is 12.1 Å². The molecule has 1 aliphatic carbocycles. The molecule has 1 aromatic rings. The number of phenols is 1. The molecule has 2 heterocycles. The second-order valence-electron chi connectivity index (χ2n) is 6.59. The number of phenolic OH excluding ortho intramolecular Hbond substituents is 1. The smallest absolute Gasteiger partial charge is 0.130 e. The van der Waals surface area contributed by atoms with Gasteiger partial charge < -0.3 is 15.7 Å². The second kappa shape index (κ2) is 6.83. The van der Waals surface area contributed by atoms with Gasteiger partial charge in [-0.25, -0.2) is 0 Å². The molecule has 0 bridgehead atoms. The fourth-order valence-electron chi connectivity index (χ4n) is 4.08. The van der Waals surface area contributed by atoms with Gasteiger partial charge in [0.2, 0.25) is 0 Å². The molecule has 1 fully saturated rings. The van der Waals surface area contributed by atoms with Crippen molar-refractivity contribution in [1.82, 2.24) is 15.5 Å². The first-order chi connectivity index (χ1) is 11.6. The third-order valence-corrected chi connectivity index (χ3v) is 6.57. The van der Waals surface area contributed by atoms with Gasteiger partial charge in [0, 0.05) is 36.9 Å². The minimum absolute atomic E-state index is 0.280. The van der Waals surface area contributed by atoms with E-state index in [1.807, 2.05) is 6.07 Å². The number of rotatable bonds is 1. The first kappa shape index (κ1) is 16.6. The Balaban J connectivity index is 1.82. The third kappa shape index (κ3) is 2.94. The van der Waals surface area contributed by atoms with Crippen LogP contribution in [0.3, 0.4) is 0 Å². The predicted octanol–water partition coefficient (Wildman–Crippen LogP) is 3.18. The fraction of sp³-hybridized carbons (Fsp3) is 0.444. The molecule has 0 amide bonds. The van der Waals surface area contributed by atoms with Crippen LogP contribution in [0.1, 0.15) is 23.6 Å². The van der Waals surface area contributed by atoms with Crippen LogP contribution < -0.4 is 10.6 Å². The van der Waals surface area contributed by atoms with Gasteiger partial charge in [-0.2, -0.15) is 0 Å². The number of halogens is 2. The van der Waals surface area contributed by atoms with E-state index in [1.54, 1.807) is 0 Å². The minimum Gasteiger partial charge on any atom is -0.507 e. The lowest BCUT2D eigenvalue weighted by atomic mass is 9.90. The maximum atomic E-state index is 10.1. The highest BCUT2D eigenvalue weighted by atomic mass is 79.9. The van der Waals surface area contributed by atoms with Crippen molar-refractivity contribution in [3.05, 3.63) is 50.1 Å². The summed E-state index contributed by atoms with van der Waals surface area (Å²) < 4.78 is 1.95. The molecule has 4 rings (SSSR count). The lowest BCUT2D eigenvalue weighted by molar-refractivity contribution is 0.152. The van der Waals surface area contributed by atoms with Gasteiger partial charge in [-0.3, -0.25) is 4.90 Å². The average molecular weight is 455 g/mol. The molecule has 2 aliphatic heterocycles. The van der Waals surface area contributed by atoms with Gasteiger partial charge in [-0.15, -0.1) is 0 Å². The van der Waals surface area contributed by atoms with Crippen LogP contribution in [0.2, 0.25) is 0 Å². The normalized spacial score (nSPS) is 27.2. The molecule has 24 heavy (non-hydrogen) atoms. The van der Waals surface area contributed by atoms with Crippen LogP contribution in [0.15, 0.2) is 38.9 Å². The average Bonchev–Trinajstić information content (AvgIpc) is 2.76. The Kier molecular flexibility index (Phi) is 4.73. The summed E-state index contributed by atoms with van der Waals surface area (Å²) in [7, 11) is 0. The number of dihydropyridines is 1. The van der Waals surface area contributed by atoms with Crippen molar-refractivity contribution >= 4 is 31.9 Å². The number of aromatic hydroxyl groups is 1. The molecule has 4 nitrogen and oxygen atoms in total. The fourth-order valence-corrected chi connectivity index (χ4v) is 5.06. The lowest BCUT2D eigenvalue weighted by Crippen LogP contribution is -2.51. The van der Waals surface area contributed by atoms with E-state index in [9.17, 15) is 5.11 Å². The topological polar surface area (TPSA) is 47.5 Å². The van der Waals surface area contributed by atoms with E-state index < -0.39 is 0 Å². The van der Waals surface area contributed by atoms with E-state index in [2.05, 4.69) is 65.7 Å². The standard InChI is InChI=1S/C18H21Br2N3O/c19-12-9-11-1-2-13-14(3-4-15(24)16(13)20)18(17(11)22-10-12)23-7-5-21-6-8-23/h3-4,9-10,17-18,21-22,24H,1-2,5-8H2. The van der Waals surface area contributed by atoms with Crippen LogP contribution >= 0.6 is 31.9 Å². The predicted molar refractivity (Wildman–Crippen MR) is 103 cm³/mol. The number of fused-ring (bicyclic) bond motifs is 2. The first-order valence-corrected chi connectivity index (χ1v) is 10.0. The Morgan fingerprint density at radius 1 is 1.12 bits per heavy atom. The maximum absolute atomic E-state index is 10.1. The summed E-state index contributed by atoms with van der Waals surface area (Å²) in [4.78, 5) is 2.57. The molecule has 128 valence electrons. The van der Waals surface area contributed by atoms with Gasteiger partial charge in [-0.1, -0.05) is 6.07 Å². The van der Waals surface area contributed by atoms with Crippen LogP contribution in [-0.2, 0) is 6.42 Å². The van der Waals surface area contributed by atoms with E-state index in [1.165, 1.54) is 16.7 Å². The SMILES string of the molecule is Oc1ccc2c(c1Br)CCC1=CC(Br)=CNC1C2N1CCNCC1. The van der Waals surface area contributed by atoms with Crippen molar-refractivity contribution in [2.75, 3.05) is 26.2 Å². The number of nitrogens with one attached hydrogen (secondary N) is 2. The maximum Gasteiger partial charge on any atom is 0.130 e. The molecule has 1 saturated heterocycles. The van der Waals surface area contributed by atoms with Gasteiger partial charge in [0.05, 0.1) is 16.6 Å². The summed E-state index contributed by atoms with van der Waals surface area (Å²) in [5.41, 5.74) is 4.00. The summed E-state index contributed by atoms with van der Waals surface area (Å²) >= 11 is 7.22. The Morgan fingerprint density at radius 3 is 2.71 bits per heavy atom. The largest absolute Gasteiger partial charge is 0.507 e. The molecule has 1 aromatic carbocycles. The zero-order chi connectivity index (χ0) is 16.7. The van der Waals surface area contributed by atoms with Crippen molar-refractivity contribution in [2.45, 2.75) is 24.9 Å². The van der Waals surface area contributed by atoms with Crippen molar-refractivity contribution < 1.29 is 5.11 Å². The third-order valence-electron chi connectivity index (χ3n) is 5.23. The van der Waals surface area contributed by atoms with Crippen LogP contribution in [0.25, 0.3) is 0 Å². The molecular weight excluding hydrogens is 434 g/mol. The van der Waals surface area contributed by atoms with Crippen LogP contribution in [-0.4, -0.2) is 42.2 Å². The number of hydrogen-bond acceptors (Lipinski definition) is 4. The molecule has 0 spiro atoms. The lowest BCUT2D eigenvalue weighted by Gasteiger charge is -2.41. The van der Waals surface area contributed by atoms with E-state index in [0.29, 0.717) is 5.75 Å². The summed E-state index contributed by atoms with van der Waals surface area (Å²) in [5, 5.41) is 17.2. The molecule has 6 heteroatoms. The number of piperazine rings is 1. The van der Waals surface area contributed by atoms with Gasteiger partial charge in [0.25, 0.3) is 0 Å². The highest BCUT2D eigenvalue weighted by Crippen LogP contribution is 2.43. The Hall–Kier alpha value is -0.820. The minimum atomic E-state index is 0.280. The zero-order valence-electron chi connectivity index (χ0n) is 13.4. The zero-order valence-corrected chi connectivity index (χ0v) is 16.5. The highest BCUT2D eigenvalue weighted by Gasteiger charge is 2.37. The van der Waals surface area contributed by atoms with E-state index in [4.69, 9.17) is 0 Å². The van der Waals surface area contributed by atoms with Gasteiger partial charge in [0.1, 0.15) is 5.75 Å². The van der Waals surface area contributed by atoms with Gasteiger partial charge in [0.15, 0.2) is 0 Å². The van der Waals surface area contributed by atoms with E-state index >= 15 is 0 Å². The first-order valence-electron chi connectivity index (χ1n) is 8.42. The van der Waals surface area contributed by atoms with Gasteiger partial charge in [-0.05, 0) is 73.5 Å². The monoisotopic (exact) mass is 453 g/mol. The van der Waals surface area contributed by atoms with Crippen molar-refractivity contribution in [3.8, 4) is 5.75 Å². The Morgan fingerprint density at radius 2 is 1.92 bits per heavy atom. The number of nitrogens with zero attached hydrogens (tertiary/aromatic N) is 1. The van der Waals surface area contributed by atoms with Crippen molar-refractivity contribution in [3.63, 3.8) is 0 Å². The summed E-state index contributed by atoms with van der Waals surface area (Å²) in [5.74, 6) is 0.332. The Labute approximate surface area is 159 Å². The molecule has 0 radical (unpaired) electrons. The van der Waals surface area contributed by atoms with Gasteiger partial charge >= 0.3 is 0 Å². The number of allylic oxidation sites excluding steroid dienone is 2. The van der Waals surface area contributed by atoms with Crippen LogP contribution in [0.4, 0.5) is 0 Å². The van der Waals surface area contributed by atoms with E-state index in [0.717, 1.165) is 48.0 Å².